The number of nitrogens with zero attached hydrogens (tertiary/aromatic N) is 5. The number of hydrogen-bond acceptors (Lipinski definition) is 3. The van der Waals surface area contributed by atoms with Gasteiger partial charge in [0.2, 0.25) is 0 Å². The average Bonchev–Trinajstić information content (AvgIpc) is 2.45. The molecule has 0 fully saturated rings. The van der Waals surface area contributed by atoms with Gasteiger partial charge in [-0.2, -0.15) is 5.26 Å². The molecular formula is C13H9N5. The van der Waals surface area contributed by atoms with Crippen molar-refractivity contribution in [2.75, 3.05) is 0 Å². The number of pyridine rings is 1. The van der Waals surface area contributed by atoms with Gasteiger partial charge in [-0.1, -0.05) is 35.4 Å². The first kappa shape index (κ1) is 11.6. The fourth-order valence-corrected chi connectivity index (χ4v) is 1.71. The third-order valence-electron chi connectivity index (χ3n) is 2.51. The van der Waals surface area contributed by atoms with Gasteiger partial charge < -0.3 is 0 Å². The van der Waals surface area contributed by atoms with Crippen LogP contribution in [0.15, 0.2) is 47.7 Å². The molecule has 2 rings (SSSR count). The lowest BCUT2D eigenvalue weighted by atomic mass is 10.00. The van der Waals surface area contributed by atoms with Crippen LogP contribution in [-0.2, 0) is 6.54 Å². The highest BCUT2D eigenvalue weighted by Gasteiger charge is 2.09. The first-order valence-electron chi connectivity index (χ1n) is 5.31. The van der Waals surface area contributed by atoms with Crippen molar-refractivity contribution in [3.63, 3.8) is 0 Å². The smallest absolute Gasteiger partial charge is 0.102 e. The Morgan fingerprint density at radius 2 is 2.06 bits per heavy atom. The molecule has 0 aliphatic rings. The second-order valence-corrected chi connectivity index (χ2v) is 3.55. The highest BCUT2D eigenvalue weighted by molar-refractivity contribution is 5.71. The summed E-state index contributed by atoms with van der Waals surface area (Å²) < 4.78 is 0. The maximum Gasteiger partial charge on any atom is 0.102 e. The monoisotopic (exact) mass is 235 g/mol. The minimum Gasteiger partial charge on any atom is -0.260 e. The molecule has 1 aromatic carbocycles. The zero-order valence-electron chi connectivity index (χ0n) is 9.48. The molecule has 0 bridgehead atoms. The van der Waals surface area contributed by atoms with E-state index in [4.69, 9.17) is 5.53 Å². The van der Waals surface area contributed by atoms with Gasteiger partial charge in [0.25, 0.3) is 0 Å². The van der Waals surface area contributed by atoms with Crippen molar-refractivity contribution in [3.05, 3.63) is 64.3 Å². The zero-order chi connectivity index (χ0) is 12.8. The van der Waals surface area contributed by atoms with Crippen LogP contribution in [0.25, 0.3) is 21.6 Å². The SMILES string of the molecule is N#Cc1c(-c2ccccc2)ccnc1CN=[N+]=[N-]. The standard InChI is InChI=1S/C13H9N5/c14-8-12-11(10-4-2-1-3-5-10)6-7-16-13(12)9-17-18-15/h1-7H,9H2. The Labute approximate surface area is 104 Å². The van der Waals surface area contributed by atoms with Crippen LogP contribution in [0.1, 0.15) is 11.3 Å². The van der Waals surface area contributed by atoms with Crippen LogP contribution in [0, 0.1) is 11.3 Å². The lowest BCUT2D eigenvalue weighted by molar-refractivity contribution is 0.969. The van der Waals surface area contributed by atoms with Gasteiger partial charge in [-0.15, -0.1) is 0 Å². The van der Waals surface area contributed by atoms with E-state index < -0.39 is 0 Å². The lowest BCUT2D eigenvalue weighted by Gasteiger charge is -2.06. The summed E-state index contributed by atoms with van der Waals surface area (Å²) in [5.41, 5.74) is 11.0. The lowest BCUT2D eigenvalue weighted by Crippen LogP contribution is -1.95. The molecule has 5 heteroatoms. The van der Waals surface area contributed by atoms with E-state index in [1.807, 2.05) is 30.3 Å². The Hall–Kier alpha value is -2.83. The Morgan fingerprint density at radius 1 is 1.28 bits per heavy atom. The molecule has 2 aromatic rings. The normalized spacial score (nSPS) is 9.28. The Bertz CT molecular complexity index is 636. The molecule has 0 atom stereocenters. The van der Waals surface area contributed by atoms with Crippen molar-refractivity contribution >= 4 is 0 Å². The van der Waals surface area contributed by atoms with E-state index >= 15 is 0 Å². The molecule has 0 spiro atoms. The van der Waals surface area contributed by atoms with E-state index in [2.05, 4.69) is 21.1 Å². The van der Waals surface area contributed by atoms with Crippen molar-refractivity contribution in [2.45, 2.75) is 6.54 Å². The summed E-state index contributed by atoms with van der Waals surface area (Å²) in [7, 11) is 0. The van der Waals surface area contributed by atoms with Crippen LogP contribution in [0.3, 0.4) is 0 Å². The Morgan fingerprint density at radius 3 is 2.72 bits per heavy atom. The summed E-state index contributed by atoms with van der Waals surface area (Å²) in [4.78, 5) is 6.77. The molecule has 0 aliphatic carbocycles. The van der Waals surface area contributed by atoms with Crippen LogP contribution in [0.4, 0.5) is 0 Å². The quantitative estimate of drug-likeness (QED) is 0.463. The third-order valence-corrected chi connectivity index (χ3v) is 2.51. The molecule has 1 heterocycles. The third kappa shape index (κ3) is 2.29. The van der Waals surface area contributed by atoms with Gasteiger partial charge in [-0.05, 0) is 17.2 Å². The van der Waals surface area contributed by atoms with Crippen LogP contribution < -0.4 is 0 Å². The van der Waals surface area contributed by atoms with Gasteiger partial charge >= 0.3 is 0 Å². The van der Waals surface area contributed by atoms with E-state index in [1.54, 1.807) is 12.3 Å². The molecule has 18 heavy (non-hydrogen) atoms. The summed E-state index contributed by atoms with van der Waals surface area (Å²) >= 11 is 0. The molecular weight excluding hydrogens is 226 g/mol. The molecule has 0 radical (unpaired) electrons. The molecule has 1 aromatic heterocycles. The van der Waals surface area contributed by atoms with Crippen molar-refractivity contribution in [3.8, 4) is 17.2 Å². The van der Waals surface area contributed by atoms with Crippen LogP contribution in [0.5, 0.6) is 0 Å². The minimum atomic E-state index is 0.0834. The second kappa shape index (κ2) is 5.48. The average molecular weight is 235 g/mol. The van der Waals surface area contributed by atoms with E-state index in [-0.39, 0.29) is 6.54 Å². The summed E-state index contributed by atoms with van der Waals surface area (Å²) in [5, 5.41) is 12.7. The second-order valence-electron chi connectivity index (χ2n) is 3.55. The molecule has 0 amide bonds. The van der Waals surface area contributed by atoms with Crippen molar-refractivity contribution in [1.82, 2.24) is 4.98 Å². The Kier molecular flexibility index (Phi) is 3.55. The Balaban J connectivity index is 2.56. The summed E-state index contributed by atoms with van der Waals surface area (Å²) in [6, 6.07) is 13.5. The number of hydrogen-bond donors (Lipinski definition) is 0. The number of nitriles is 1. The molecule has 5 nitrogen and oxygen atoms in total. The molecule has 0 saturated carbocycles. The van der Waals surface area contributed by atoms with E-state index in [0.29, 0.717) is 11.3 Å². The van der Waals surface area contributed by atoms with E-state index in [0.717, 1.165) is 11.1 Å². The van der Waals surface area contributed by atoms with Crippen molar-refractivity contribution in [1.29, 1.82) is 5.26 Å². The largest absolute Gasteiger partial charge is 0.260 e. The summed E-state index contributed by atoms with van der Waals surface area (Å²) in [6.07, 6.45) is 1.62. The van der Waals surface area contributed by atoms with Gasteiger partial charge in [0.15, 0.2) is 0 Å². The zero-order valence-corrected chi connectivity index (χ0v) is 9.48. The first-order valence-corrected chi connectivity index (χ1v) is 5.31. The van der Waals surface area contributed by atoms with Crippen LogP contribution in [0.2, 0.25) is 0 Å². The summed E-state index contributed by atoms with van der Waals surface area (Å²) in [6.45, 7) is 0.0834. The first-order chi connectivity index (χ1) is 8.86. The predicted octanol–water partition coefficient (Wildman–Crippen LogP) is 3.43. The fourth-order valence-electron chi connectivity index (χ4n) is 1.71. The van der Waals surface area contributed by atoms with Gasteiger partial charge in [-0.3, -0.25) is 4.98 Å². The number of aromatic nitrogens is 1. The molecule has 0 unspecified atom stereocenters. The van der Waals surface area contributed by atoms with E-state index in [1.165, 1.54) is 0 Å². The molecule has 0 saturated heterocycles. The predicted molar refractivity (Wildman–Crippen MR) is 67.2 cm³/mol. The van der Waals surface area contributed by atoms with Gasteiger partial charge in [0.05, 0.1) is 17.8 Å². The maximum absolute atomic E-state index is 9.24. The topological polar surface area (TPSA) is 85.4 Å². The number of benzene rings is 1. The molecule has 0 aliphatic heterocycles. The fraction of sp³-hybridized carbons (Fsp3) is 0.0769. The van der Waals surface area contributed by atoms with Crippen LogP contribution in [-0.4, -0.2) is 4.98 Å². The minimum absolute atomic E-state index is 0.0834. The van der Waals surface area contributed by atoms with Crippen molar-refractivity contribution in [2.24, 2.45) is 5.11 Å². The highest BCUT2D eigenvalue weighted by atomic mass is 15.1. The molecule has 0 N–H and O–H groups in total. The van der Waals surface area contributed by atoms with Crippen molar-refractivity contribution < 1.29 is 0 Å². The maximum atomic E-state index is 9.24. The number of azide groups is 1. The number of rotatable bonds is 3. The summed E-state index contributed by atoms with van der Waals surface area (Å²) in [5.74, 6) is 0. The van der Waals surface area contributed by atoms with Gasteiger partial charge in [-0.25, -0.2) is 0 Å². The highest BCUT2D eigenvalue weighted by Crippen LogP contribution is 2.24. The van der Waals surface area contributed by atoms with Gasteiger partial charge in [0.1, 0.15) is 6.07 Å². The van der Waals surface area contributed by atoms with E-state index in [9.17, 15) is 5.26 Å². The molecule has 86 valence electrons. The van der Waals surface area contributed by atoms with Crippen LogP contribution >= 0.6 is 0 Å². The van der Waals surface area contributed by atoms with Gasteiger partial charge in [0, 0.05) is 16.7 Å².